The SMILES string of the molecule is CCN(CC)CCSP(CC)CC. The predicted octanol–water partition coefficient (Wildman–Crippen LogP) is 3.50. The quantitative estimate of drug-likeness (QED) is 0.577. The van der Waals surface area contributed by atoms with Gasteiger partial charge in [0.15, 0.2) is 0 Å². The molecule has 0 amide bonds. The molecular formula is C10H24NPS. The fourth-order valence-corrected chi connectivity index (χ4v) is 4.77. The molecule has 0 aromatic heterocycles. The van der Waals surface area contributed by atoms with Crippen LogP contribution in [0.2, 0.25) is 0 Å². The van der Waals surface area contributed by atoms with E-state index in [1.807, 2.05) is 0 Å². The van der Waals surface area contributed by atoms with Crippen molar-refractivity contribution in [3.8, 4) is 0 Å². The zero-order valence-electron chi connectivity index (χ0n) is 9.55. The van der Waals surface area contributed by atoms with Crippen molar-refractivity contribution >= 4 is 18.5 Å². The molecule has 0 N–H and O–H groups in total. The van der Waals surface area contributed by atoms with Gasteiger partial charge in [0.1, 0.15) is 0 Å². The molecule has 80 valence electrons. The first-order valence-corrected chi connectivity index (χ1v) is 8.68. The summed E-state index contributed by atoms with van der Waals surface area (Å²) in [5.41, 5.74) is 0. The summed E-state index contributed by atoms with van der Waals surface area (Å²) in [7, 11) is 0.293. The van der Waals surface area contributed by atoms with Crippen LogP contribution in [0.15, 0.2) is 0 Å². The Bertz CT molecular complexity index is 91.1. The van der Waals surface area contributed by atoms with Crippen LogP contribution in [0.5, 0.6) is 0 Å². The third-order valence-electron chi connectivity index (χ3n) is 2.28. The van der Waals surface area contributed by atoms with Gasteiger partial charge in [-0.05, 0) is 32.5 Å². The van der Waals surface area contributed by atoms with E-state index in [9.17, 15) is 0 Å². The molecule has 0 aromatic carbocycles. The molecule has 0 bridgehead atoms. The normalized spacial score (nSPS) is 11.5. The molecule has 0 saturated carbocycles. The maximum absolute atomic E-state index is 2.51. The summed E-state index contributed by atoms with van der Waals surface area (Å²) in [4.78, 5) is 2.51. The zero-order valence-corrected chi connectivity index (χ0v) is 11.3. The van der Waals surface area contributed by atoms with Crippen molar-refractivity contribution in [2.24, 2.45) is 0 Å². The Kier molecular flexibility index (Phi) is 9.83. The molecular weight excluding hydrogens is 197 g/mol. The lowest BCUT2D eigenvalue weighted by molar-refractivity contribution is 0.324. The second kappa shape index (κ2) is 9.30. The van der Waals surface area contributed by atoms with Crippen LogP contribution in [0.1, 0.15) is 27.7 Å². The summed E-state index contributed by atoms with van der Waals surface area (Å²) < 4.78 is 0. The summed E-state index contributed by atoms with van der Waals surface area (Å²) in [5, 5.41) is 0. The van der Waals surface area contributed by atoms with E-state index in [1.54, 1.807) is 0 Å². The Hall–Kier alpha value is 0.740. The van der Waals surface area contributed by atoms with Crippen molar-refractivity contribution in [1.29, 1.82) is 0 Å². The highest BCUT2D eigenvalue weighted by molar-refractivity contribution is 8.55. The van der Waals surface area contributed by atoms with Crippen LogP contribution in [-0.2, 0) is 0 Å². The van der Waals surface area contributed by atoms with Gasteiger partial charge in [0, 0.05) is 12.3 Å². The van der Waals surface area contributed by atoms with Crippen molar-refractivity contribution in [1.82, 2.24) is 4.90 Å². The summed E-state index contributed by atoms with van der Waals surface area (Å²) in [5.74, 6) is 1.33. The van der Waals surface area contributed by atoms with Crippen molar-refractivity contribution in [3.63, 3.8) is 0 Å². The zero-order chi connectivity index (χ0) is 10.1. The van der Waals surface area contributed by atoms with Crippen molar-refractivity contribution in [2.75, 3.05) is 37.7 Å². The predicted molar refractivity (Wildman–Crippen MR) is 68.2 cm³/mol. The van der Waals surface area contributed by atoms with E-state index < -0.39 is 0 Å². The average molecular weight is 221 g/mol. The lowest BCUT2D eigenvalue weighted by Gasteiger charge is -2.19. The molecule has 1 nitrogen and oxygen atoms in total. The molecule has 0 radical (unpaired) electrons. The first-order valence-electron chi connectivity index (χ1n) is 5.38. The highest BCUT2D eigenvalue weighted by atomic mass is 32.7. The Balaban J connectivity index is 3.41. The third kappa shape index (κ3) is 6.76. The minimum absolute atomic E-state index is 0.293. The molecule has 3 heteroatoms. The Morgan fingerprint density at radius 2 is 1.54 bits per heavy atom. The summed E-state index contributed by atoms with van der Waals surface area (Å²) in [6, 6.07) is 0. The monoisotopic (exact) mass is 221 g/mol. The standard InChI is InChI=1S/C10H24NPS/c1-5-11(6-2)9-10-13-12(7-3)8-4/h5-10H2,1-4H3. The fraction of sp³-hybridized carbons (Fsp3) is 1.00. The first kappa shape index (κ1) is 13.7. The van der Waals surface area contributed by atoms with Gasteiger partial charge in [0.05, 0.1) is 0 Å². The van der Waals surface area contributed by atoms with Crippen LogP contribution in [0.4, 0.5) is 0 Å². The maximum Gasteiger partial charge on any atom is 0.0102 e. The van der Waals surface area contributed by atoms with E-state index >= 15 is 0 Å². The molecule has 13 heavy (non-hydrogen) atoms. The average Bonchev–Trinajstić information content (AvgIpc) is 2.19. The van der Waals surface area contributed by atoms with E-state index in [-0.39, 0.29) is 0 Å². The van der Waals surface area contributed by atoms with E-state index in [0.717, 1.165) is 0 Å². The van der Waals surface area contributed by atoms with Crippen LogP contribution >= 0.6 is 18.5 Å². The van der Waals surface area contributed by atoms with Gasteiger partial charge in [-0.25, -0.2) is 0 Å². The number of nitrogens with zero attached hydrogens (tertiary/aromatic N) is 1. The molecule has 0 atom stereocenters. The largest absolute Gasteiger partial charge is 0.303 e. The fourth-order valence-electron chi connectivity index (χ4n) is 1.25. The van der Waals surface area contributed by atoms with Gasteiger partial charge in [-0.15, -0.1) is 11.4 Å². The van der Waals surface area contributed by atoms with Crippen LogP contribution in [0.25, 0.3) is 0 Å². The Labute approximate surface area is 89.2 Å². The summed E-state index contributed by atoms with van der Waals surface area (Å²) in [6.45, 7) is 12.8. The second-order valence-electron chi connectivity index (χ2n) is 2.97. The topological polar surface area (TPSA) is 3.24 Å². The van der Waals surface area contributed by atoms with Crippen molar-refractivity contribution in [2.45, 2.75) is 27.7 Å². The first-order chi connectivity index (χ1) is 6.28. The molecule has 0 aliphatic carbocycles. The van der Waals surface area contributed by atoms with E-state index in [1.165, 1.54) is 37.7 Å². The van der Waals surface area contributed by atoms with Gasteiger partial charge in [0.2, 0.25) is 0 Å². The van der Waals surface area contributed by atoms with Crippen LogP contribution < -0.4 is 0 Å². The van der Waals surface area contributed by atoms with Crippen LogP contribution in [-0.4, -0.2) is 42.6 Å². The molecule has 0 unspecified atom stereocenters. The highest BCUT2D eigenvalue weighted by Gasteiger charge is 2.04. The summed E-state index contributed by atoms with van der Waals surface area (Å²) >= 11 is 2.20. The summed E-state index contributed by atoms with van der Waals surface area (Å²) in [6.07, 6.45) is 2.77. The molecule has 0 aliphatic rings. The highest BCUT2D eigenvalue weighted by Crippen LogP contribution is 2.48. The Morgan fingerprint density at radius 1 is 1.00 bits per heavy atom. The lowest BCUT2D eigenvalue weighted by Crippen LogP contribution is -2.25. The van der Waals surface area contributed by atoms with Crippen LogP contribution in [0, 0.1) is 0 Å². The molecule has 0 spiro atoms. The van der Waals surface area contributed by atoms with Gasteiger partial charge in [-0.3, -0.25) is 0 Å². The van der Waals surface area contributed by atoms with Gasteiger partial charge in [-0.1, -0.05) is 27.7 Å². The van der Waals surface area contributed by atoms with Crippen LogP contribution in [0.3, 0.4) is 0 Å². The minimum atomic E-state index is 0.293. The smallest absolute Gasteiger partial charge is 0.0102 e. The van der Waals surface area contributed by atoms with Gasteiger partial charge in [0.25, 0.3) is 0 Å². The van der Waals surface area contributed by atoms with Crippen molar-refractivity contribution < 1.29 is 0 Å². The maximum atomic E-state index is 2.51. The van der Waals surface area contributed by atoms with E-state index in [4.69, 9.17) is 0 Å². The molecule has 0 heterocycles. The van der Waals surface area contributed by atoms with Gasteiger partial charge >= 0.3 is 0 Å². The minimum Gasteiger partial charge on any atom is -0.303 e. The van der Waals surface area contributed by atoms with Crippen molar-refractivity contribution in [3.05, 3.63) is 0 Å². The molecule has 0 fully saturated rings. The number of hydrogen-bond donors (Lipinski definition) is 0. The second-order valence-corrected chi connectivity index (χ2v) is 8.19. The van der Waals surface area contributed by atoms with Gasteiger partial charge < -0.3 is 4.90 Å². The van der Waals surface area contributed by atoms with Gasteiger partial charge in [-0.2, -0.15) is 0 Å². The molecule has 0 saturated heterocycles. The number of rotatable bonds is 8. The molecule has 0 rings (SSSR count). The third-order valence-corrected chi connectivity index (χ3v) is 7.61. The Morgan fingerprint density at radius 3 is 1.92 bits per heavy atom. The molecule has 0 aromatic rings. The van der Waals surface area contributed by atoms with E-state index in [0.29, 0.717) is 7.12 Å². The lowest BCUT2D eigenvalue weighted by atomic mass is 10.5. The number of hydrogen-bond acceptors (Lipinski definition) is 2. The van der Waals surface area contributed by atoms with E-state index in [2.05, 4.69) is 44.0 Å². The molecule has 0 aliphatic heterocycles.